The maximum absolute atomic E-state index is 15.8. The third-order valence-electron chi connectivity index (χ3n) is 9.54. The van der Waals surface area contributed by atoms with Gasteiger partial charge in [0.05, 0.1) is 27.9 Å². The number of allylic oxidation sites excluding steroid dienone is 2. The summed E-state index contributed by atoms with van der Waals surface area (Å²) in [6.07, 6.45) is 7.45. The molecule has 1 amide bonds. The summed E-state index contributed by atoms with van der Waals surface area (Å²) in [5, 5.41) is 5.03. The first-order chi connectivity index (χ1) is 20.9. The Hall–Kier alpha value is -3.33. The Kier molecular flexibility index (Phi) is 8.05. The molecule has 0 N–H and O–H groups in total. The van der Waals surface area contributed by atoms with Gasteiger partial charge >= 0.3 is 5.97 Å². The van der Waals surface area contributed by atoms with E-state index in [0.29, 0.717) is 75.8 Å². The molecule has 8 nitrogen and oxygen atoms in total. The van der Waals surface area contributed by atoms with Gasteiger partial charge in [0.15, 0.2) is 0 Å². The van der Waals surface area contributed by atoms with Crippen molar-refractivity contribution in [2.45, 2.75) is 89.8 Å². The third-order valence-corrected chi connectivity index (χ3v) is 9.85. The number of hydrogen-bond acceptors (Lipinski definition) is 6. The molecule has 2 aromatic rings. The van der Waals surface area contributed by atoms with E-state index in [1.165, 1.54) is 4.68 Å². The number of rotatable bonds is 6. The van der Waals surface area contributed by atoms with Crippen LogP contribution < -0.4 is 0 Å². The summed E-state index contributed by atoms with van der Waals surface area (Å²) in [6.45, 7) is 6.40. The van der Waals surface area contributed by atoms with Gasteiger partial charge in [0.25, 0.3) is 5.91 Å². The van der Waals surface area contributed by atoms with Crippen molar-refractivity contribution >= 4 is 41.2 Å². The number of esters is 1. The number of amides is 1. The average molecular weight is 624 g/mol. The number of alkyl halides is 1. The lowest BCUT2D eigenvalue weighted by molar-refractivity contribution is -0.160. The molecule has 4 aliphatic rings. The second-order valence-electron chi connectivity index (χ2n) is 13.8. The fraction of sp³-hybridized carbons (Fsp3) is 0.559. The van der Waals surface area contributed by atoms with E-state index in [9.17, 15) is 19.2 Å². The summed E-state index contributed by atoms with van der Waals surface area (Å²) in [6, 6.07) is 4.90. The maximum Gasteiger partial charge on any atom is 0.309 e. The van der Waals surface area contributed by atoms with Crippen LogP contribution in [0, 0.1) is 17.8 Å². The topological polar surface area (TPSA) is 98.6 Å². The van der Waals surface area contributed by atoms with Crippen molar-refractivity contribution in [1.29, 1.82) is 0 Å². The lowest BCUT2D eigenvalue weighted by Crippen LogP contribution is -2.53. The van der Waals surface area contributed by atoms with Crippen molar-refractivity contribution in [2.75, 3.05) is 13.1 Å². The van der Waals surface area contributed by atoms with Crippen LogP contribution >= 0.6 is 11.6 Å². The molecule has 0 bridgehead atoms. The fourth-order valence-electron chi connectivity index (χ4n) is 6.91. The van der Waals surface area contributed by atoms with Gasteiger partial charge in [-0.3, -0.25) is 14.4 Å². The zero-order chi connectivity index (χ0) is 31.4. The van der Waals surface area contributed by atoms with Crippen LogP contribution in [0.25, 0.3) is 5.57 Å². The van der Waals surface area contributed by atoms with Crippen LogP contribution in [0.1, 0.15) is 98.6 Å². The number of aldehydes is 1. The van der Waals surface area contributed by atoms with E-state index < -0.39 is 17.2 Å². The minimum absolute atomic E-state index is 0.0248. The number of halogens is 2. The highest BCUT2D eigenvalue weighted by Crippen LogP contribution is 2.48. The molecule has 0 spiro atoms. The van der Waals surface area contributed by atoms with Crippen molar-refractivity contribution in [3.05, 3.63) is 57.4 Å². The SMILES string of the molecule is CC(C)(C)OC(=O)C1CC=C(c2nn(C(=O)c3c(Cl)cccc3C3(F)CCC3)c3c2CC[C@H](C(=O)N2CC(C=O)C2)C3)CC1. The highest BCUT2D eigenvalue weighted by molar-refractivity contribution is 6.34. The molecule has 1 saturated heterocycles. The number of benzene rings is 1. The van der Waals surface area contributed by atoms with E-state index in [1.54, 1.807) is 23.1 Å². The maximum atomic E-state index is 15.8. The number of carbonyl (C=O) groups is 4. The van der Waals surface area contributed by atoms with Gasteiger partial charge in [-0.1, -0.05) is 29.8 Å². The largest absolute Gasteiger partial charge is 0.460 e. The minimum Gasteiger partial charge on any atom is -0.460 e. The normalized spacial score (nSPS) is 23.1. The van der Waals surface area contributed by atoms with Gasteiger partial charge in [-0.05, 0) is 83.8 Å². The van der Waals surface area contributed by atoms with Crippen LogP contribution in [0.3, 0.4) is 0 Å². The number of fused-ring (bicyclic) bond motifs is 1. The summed E-state index contributed by atoms with van der Waals surface area (Å²) >= 11 is 6.59. The van der Waals surface area contributed by atoms with Crippen molar-refractivity contribution in [3.8, 4) is 0 Å². The number of carbonyl (C=O) groups excluding carboxylic acids is 4. The summed E-state index contributed by atoms with van der Waals surface area (Å²) in [5.74, 6) is -1.48. The lowest BCUT2D eigenvalue weighted by Gasteiger charge is -2.39. The number of nitrogens with zero attached hydrogens (tertiary/aromatic N) is 3. The van der Waals surface area contributed by atoms with E-state index in [1.807, 2.05) is 26.8 Å². The minimum atomic E-state index is -1.61. The van der Waals surface area contributed by atoms with E-state index in [0.717, 1.165) is 23.8 Å². The first-order valence-electron chi connectivity index (χ1n) is 15.7. The Morgan fingerprint density at radius 2 is 1.84 bits per heavy atom. The van der Waals surface area contributed by atoms with Crippen molar-refractivity contribution < 1.29 is 28.3 Å². The Bertz CT molecular complexity index is 1550. The molecule has 1 aliphatic heterocycles. The third kappa shape index (κ3) is 5.64. The van der Waals surface area contributed by atoms with Gasteiger partial charge in [-0.25, -0.2) is 4.39 Å². The van der Waals surface area contributed by atoms with E-state index in [4.69, 9.17) is 21.4 Å². The number of likely N-dealkylation sites (tertiary alicyclic amines) is 1. The molecule has 2 atom stereocenters. The average Bonchev–Trinajstić information content (AvgIpc) is 3.33. The Morgan fingerprint density at radius 3 is 2.45 bits per heavy atom. The number of aromatic nitrogens is 2. The van der Waals surface area contributed by atoms with Crippen LogP contribution in [0.5, 0.6) is 0 Å². The zero-order valence-electron chi connectivity index (χ0n) is 25.5. The molecular formula is C34H39ClFN3O5. The lowest BCUT2D eigenvalue weighted by atomic mass is 9.75. The summed E-state index contributed by atoms with van der Waals surface area (Å²) in [7, 11) is 0. The highest BCUT2D eigenvalue weighted by atomic mass is 35.5. The van der Waals surface area contributed by atoms with E-state index >= 15 is 4.39 Å². The molecule has 0 radical (unpaired) electrons. The van der Waals surface area contributed by atoms with Crippen molar-refractivity contribution in [3.63, 3.8) is 0 Å². The van der Waals surface area contributed by atoms with E-state index in [-0.39, 0.29) is 45.8 Å². The predicted molar refractivity (Wildman–Crippen MR) is 163 cm³/mol. The fourth-order valence-corrected chi connectivity index (χ4v) is 7.17. The van der Waals surface area contributed by atoms with Crippen LogP contribution in [0.2, 0.25) is 5.02 Å². The Morgan fingerprint density at radius 1 is 1.11 bits per heavy atom. The van der Waals surface area contributed by atoms with Crippen molar-refractivity contribution in [1.82, 2.24) is 14.7 Å². The van der Waals surface area contributed by atoms with E-state index in [2.05, 4.69) is 0 Å². The number of ether oxygens (including phenoxy) is 1. The molecule has 6 rings (SSSR count). The molecule has 1 aromatic heterocycles. The Balaban J connectivity index is 1.35. The first kappa shape index (κ1) is 30.7. The van der Waals surface area contributed by atoms with Crippen LogP contribution in [-0.4, -0.2) is 57.4 Å². The smallest absolute Gasteiger partial charge is 0.309 e. The second kappa shape index (κ2) is 11.5. The monoisotopic (exact) mass is 623 g/mol. The van der Waals surface area contributed by atoms with Gasteiger partial charge < -0.3 is 14.4 Å². The van der Waals surface area contributed by atoms with Gasteiger partial charge in [0.2, 0.25) is 5.91 Å². The molecule has 10 heteroatoms. The molecule has 2 fully saturated rings. The summed E-state index contributed by atoms with van der Waals surface area (Å²) < 4.78 is 22.8. The summed E-state index contributed by atoms with van der Waals surface area (Å²) in [5.41, 5.74) is 1.42. The van der Waals surface area contributed by atoms with Crippen LogP contribution in [-0.2, 0) is 37.6 Å². The first-order valence-corrected chi connectivity index (χ1v) is 16.1. The van der Waals surface area contributed by atoms with Crippen LogP contribution in [0.15, 0.2) is 24.3 Å². The molecule has 1 aromatic carbocycles. The van der Waals surface area contributed by atoms with Gasteiger partial charge in [0, 0.05) is 42.5 Å². The van der Waals surface area contributed by atoms with Gasteiger partial charge in [-0.15, -0.1) is 0 Å². The predicted octanol–water partition coefficient (Wildman–Crippen LogP) is 5.86. The summed E-state index contributed by atoms with van der Waals surface area (Å²) in [4.78, 5) is 53.2. The molecule has 44 heavy (non-hydrogen) atoms. The van der Waals surface area contributed by atoms with Gasteiger partial charge in [-0.2, -0.15) is 9.78 Å². The standard InChI is InChI=1S/C34H39ClFN3O5/c1-33(2,3)44-32(43)22-10-8-21(9-11-22)29-24-13-12-23(30(41)38-17-20(18-38)19-40)16-27(24)39(37-29)31(42)28-25(6-4-7-26(28)35)34(36)14-5-15-34/h4,6-8,19-20,22-23H,5,9-18H2,1-3H3/t22?,23-/m0/s1. The zero-order valence-corrected chi connectivity index (χ0v) is 26.3. The molecule has 2 heterocycles. The second-order valence-corrected chi connectivity index (χ2v) is 14.2. The quantitative estimate of drug-likeness (QED) is 0.295. The molecule has 1 unspecified atom stereocenters. The molecular weight excluding hydrogens is 585 g/mol. The van der Waals surface area contributed by atoms with Crippen molar-refractivity contribution in [2.24, 2.45) is 17.8 Å². The number of hydrogen-bond donors (Lipinski definition) is 0. The molecule has 234 valence electrons. The van der Waals surface area contributed by atoms with Gasteiger partial charge in [0.1, 0.15) is 17.6 Å². The van der Waals surface area contributed by atoms with Crippen LogP contribution in [0.4, 0.5) is 4.39 Å². The Labute approximate surface area is 261 Å². The molecule has 3 aliphatic carbocycles. The highest BCUT2D eigenvalue weighted by Gasteiger charge is 2.44. The molecule has 1 saturated carbocycles.